The number of aldehydes is 1. The average Bonchev–Trinajstić information content (AvgIpc) is 2.37. The molecule has 0 radical (unpaired) electrons. The largest absolute Gasteiger partial charge is 0.497 e. The smallest absolute Gasteiger partial charge is 0.260 e. The van der Waals surface area contributed by atoms with Crippen LogP contribution in [-0.2, 0) is 4.79 Å². The lowest BCUT2D eigenvalue weighted by atomic mass is 10.2. The number of methoxy groups -OCH3 is 1. The summed E-state index contributed by atoms with van der Waals surface area (Å²) in [5, 5.41) is 2.47. The van der Waals surface area contributed by atoms with E-state index >= 15 is 0 Å². The van der Waals surface area contributed by atoms with Crippen LogP contribution in [0.3, 0.4) is 0 Å². The van der Waals surface area contributed by atoms with Gasteiger partial charge in [-0.3, -0.25) is 9.59 Å². The van der Waals surface area contributed by atoms with Crippen LogP contribution in [-0.4, -0.2) is 32.5 Å². The second kappa shape index (κ2) is 5.89. The van der Waals surface area contributed by atoms with Crippen LogP contribution in [0.25, 0.3) is 0 Å². The molecule has 0 aliphatic heterocycles. The van der Waals surface area contributed by atoms with Crippen LogP contribution in [0.4, 0.5) is 0 Å². The lowest BCUT2D eigenvalue weighted by molar-refractivity contribution is -0.126. The normalized spacial score (nSPS) is 11.5. The summed E-state index contributed by atoms with van der Waals surface area (Å²) >= 11 is 0. The van der Waals surface area contributed by atoms with Gasteiger partial charge in [-0.05, 0) is 25.1 Å². The number of carbonyl (C=O) groups excluding carboxylic acids is 2. The molecule has 0 spiro atoms. The summed E-state index contributed by atoms with van der Waals surface area (Å²) in [7, 11) is 3.04. The number of likely N-dealkylation sites (N-methyl/N-ethyl adjacent to an activating group) is 1. The molecule has 0 aliphatic rings. The highest BCUT2D eigenvalue weighted by Crippen LogP contribution is 2.23. The molecule has 17 heavy (non-hydrogen) atoms. The predicted octanol–water partition coefficient (Wildman–Crippen LogP) is 1.02. The van der Waals surface area contributed by atoms with Crippen molar-refractivity contribution in [3.63, 3.8) is 0 Å². The van der Waals surface area contributed by atoms with Crippen molar-refractivity contribution in [2.75, 3.05) is 14.2 Å². The lowest BCUT2D eigenvalue weighted by Crippen LogP contribution is -2.33. The maximum Gasteiger partial charge on any atom is 0.260 e. The monoisotopic (exact) mass is 237 g/mol. The number of amides is 1. The van der Waals surface area contributed by atoms with E-state index in [0.717, 1.165) is 0 Å². The zero-order valence-corrected chi connectivity index (χ0v) is 10.0. The van der Waals surface area contributed by atoms with E-state index in [4.69, 9.17) is 9.47 Å². The topological polar surface area (TPSA) is 64.6 Å². The van der Waals surface area contributed by atoms with Gasteiger partial charge in [0.15, 0.2) is 12.4 Å². The minimum absolute atomic E-state index is 0.252. The minimum Gasteiger partial charge on any atom is -0.497 e. The summed E-state index contributed by atoms with van der Waals surface area (Å²) in [6.45, 7) is 1.61. The van der Waals surface area contributed by atoms with Gasteiger partial charge in [0.25, 0.3) is 5.91 Å². The number of carbonyl (C=O) groups is 2. The number of benzene rings is 1. The quantitative estimate of drug-likeness (QED) is 0.776. The summed E-state index contributed by atoms with van der Waals surface area (Å²) in [5.74, 6) is 0.668. The second-order valence-electron chi connectivity index (χ2n) is 3.40. The van der Waals surface area contributed by atoms with Gasteiger partial charge in [0, 0.05) is 7.05 Å². The second-order valence-corrected chi connectivity index (χ2v) is 3.40. The molecule has 92 valence electrons. The first-order valence-electron chi connectivity index (χ1n) is 5.13. The minimum atomic E-state index is -0.660. The van der Waals surface area contributed by atoms with E-state index in [-0.39, 0.29) is 5.91 Å². The molecule has 0 saturated carbocycles. The first kappa shape index (κ1) is 13.0. The van der Waals surface area contributed by atoms with Gasteiger partial charge >= 0.3 is 0 Å². The van der Waals surface area contributed by atoms with Crippen molar-refractivity contribution in [2.45, 2.75) is 13.0 Å². The Balaban J connectivity index is 2.90. The fourth-order valence-corrected chi connectivity index (χ4v) is 1.30. The standard InChI is InChI=1S/C12H15NO4/c1-8(12(15)13-2)17-11-5-4-10(16-3)6-9(11)7-14/h4-8H,1-3H3,(H,13,15). The van der Waals surface area contributed by atoms with Crippen molar-refractivity contribution >= 4 is 12.2 Å². The van der Waals surface area contributed by atoms with Crippen LogP contribution >= 0.6 is 0 Å². The van der Waals surface area contributed by atoms with Crippen molar-refractivity contribution in [1.29, 1.82) is 0 Å². The predicted molar refractivity (Wildman–Crippen MR) is 62.5 cm³/mol. The Bertz CT molecular complexity index is 417. The molecule has 0 aliphatic carbocycles. The SMILES string of the molecule is CNC(=O)C(C)Oc1ccc(OC)cc1C=O. The van der Waals surface area contributed by atoms with E-state index in [9.17, 15) is 9.59 Å². The number of nitrogens with one attached hydrogen (secondary N) is 1. The Morgan fingerprint density at radius 1 is 1.47 bits per heavy atom. The van der Waals surface area contributed by atoms with Gasteiger partial charge in [-0.15, -0.1) is 0 Å². The molecule has 5 nitrogen and oxygen atoms in total. The van der Waals surface area contributed by atoms with Crippen LogP contribution < -0.4 is 14.8 Å². The third kappa shape index (κ3) is 3.21. The van der Waals surface area contributed by atoms with Gasteiger partial charge < -0.3 is 14.8 Å². The van der Waals surface area contributed by atoms with Gasteiger partial charge in [-0.1, -0.05) is 0 Å². The van der Waals surface area contributed by atoms with Crippen molar-refractivity contribution in [3.8, 4) is 11.5 Å². The molecule has 1 aromatic rings. The third-order valence-corrected chi connectivity index (χ3v) is 2.26. The summed E-state index contributed by atoms with van der Waals surface area (Å²) in [6.07, 6.45) is 0.00104. The fourth-order valence-electron chi connectivity index (χ4n) is 1.30. The Morgan fingerprint density at radius 2 is 2.18 bits per heavy atom. The highest BCUT2D eigenvalue weighted by Gasteiger charge is 2.15. The Hall–Kier alpha value is -2.04. The van der Waals surface area contributed by atoms with Crippen LogP contribution in [0, 0.1) is 0 Å². The molecule has 1 rings (SSSR count). The summed E-state index contributed by atoms with van der Waals surface area (Å²) in [5.41, 5.74) is 0.347. The molecule has 0 bridgehead atoms. The molecular formula is C12H15NO4. The summed E-state index contributed by atoms with van der Waals surface area (Å²) < 4.78 is 10.4. The zero-order chi connectivity index (χ0) is 12.8. The number of ether oxygens (including phenoxy) is 2. The zero-order valence-electron chi connectivity index (χ0n) is 10.0. The van der Waals surface area contributed by atoms with E-state index in [1.54, 1.807) is 25.1 Å². The van der Waals surface area contributed by atoms with Gasteiger partial charge in [-0.25, -0.2) is 0 Å². The molecular weight excluding hydrogens is 222 g/mol. The van der Waals surface area contributed by atoms with Crippen LogP contribution in [0.2, 0.25) is 0 Å². The third-order valence-electron chi connectivity index (χ3n) is 2.26. The molecule has 0 aromatic heterocycles. The van der Waals surface area contributed by atoms with E-state index in [0.29, 0.717) is 23.3 Å². The van der Waals surface area contributed by atoms with Crippen molar-refractivity contribution < 1.29 is 19.1 Å². The van der Waals surface area contributed by atoms with Crippen molar-refractivity contribution in [1.82, 2.24) is 5.32 Å². The molecule has 1 atom stereocenters. The van der Waals surface area contributed by atoms with Gasteiger partial charge in [-0.2, -0.15) is 0 Å². The highest BCUT2D eigenvalue weighted by molar-refractivity contribution is 5.82. The van der Waals surface area contributed by atoms with Crippen LogP contribution in [0.15, 0.2) is 18.2 Å². The molecule has 1 aromatic carbocycles. The van der Waals surface area contributed by atoms with E-state index in [2.05, 4.69) is 5.32 Å². The number of hydrogen-bond donors (Lipinski definition) is 1. The number of hydrogen-bond acceptors (Lipinski definition) is 4. The molecule has 0 heterocycles. The number of rotatable bonds is 5. The molecule has 1 N–H and O–H groups in total. The average molecular weight is 237 g/mol. The molecule has 0 saturated heterocycles. The maximum atomic E-state index is 11.3. The van der Waals surface area contributed by atoms with Gasteiger partial charge in [0.1, 0.15) is 11.5 Å². The Kier molecular flexibility index (Phi) is 4.51. The van der Waals surface area contributed by atoms with E-state index in [1.807, 2.05) is 0 Å². The summed E-state index contributed by atoms with van der Waals surface area (Å²) in [6, 6.07) is 4.82. The Labute approximate surface area is 99.7 Å². The van der Waals surface area contributed by atoms with E-state index in [1.165, 1.54) is 14.2 Å². The molecule has 1 unspecified atom stereocenters. The fraction of sp³-hybridized carbons (Fsp3) is 0.333. The van der Waals surface area contributed by atoms with Crippen LogP contribution in [0.5, 0.6) is 11.5 Å². The Morgan fingerprint density at radius 3 is 2.71 bits per heavy atom. The molecule has 0 fully saturated rings. The van der Waals surface area contributed by atoms with Crippen LogP contribution in [0.1, 0.15) is 17.3 Å². The van der Waals surface area contributed by atoms with Crippen molar-refractivity contribution in [2.24, 2.45) is 0 Å². The van der Waals surface area contributed by atoms with Gasteiger partial charge in [0.05, 0.1) is 12.7 Å². The molecule has 5 heteroatoms. The highest BCUT2D eigenvalue weighted by atomic mass is 16.5. The first-order chi connectivity index (χ1) is 8.12. The maximum absolute atomic E-state index is 11.3. The summed E-state index contributed by atoms with van der Waals surface area (Å²) in [4.78, 5) is 22.2. The van der Waals surface area contributed by atoms with Gasteiger partial charge in [0.2, 0.25) is 0 Å². The van der Waals surface area contributed by atoms with Crippen molar-refractivity contribution in [3.05, 3.63) is 23.8 Å². The molecule has 1 amide bonds. The first-order valence-corrected chi connectivity index (χ1v) is 5.13. The lowest BCUT2D eigenvalue weighted by Gasteiger charge is -2.14. The van der Waals surface area contributed by atoms with E-state index < -0.39 is 6.10 Å².